The van der Waals surface area contributed by atoms with E-state index in [2.05, 4.69) is 25.5 Å². The van der Waals surface area contributed by atoms with Crippen LogP contribution >= 0.6 is 0 Å². The number of carbonyl (C=O) groups excluding carboxylic acids is 1. The van der Waals surface area contributed by atoms with E-state index in [-0.39, 0.29) is 17.4 Å². The van der Waals surface area contributed by atoms with Crippen LogP contribution in [0, 0.1) is 5.82 Å². The maximum atomic E-state index is 13.5. The minimum Gasteiger partial charge on any atom is -0.369 e. The smallest absolute Gasteiger partial charge is 0.271 e. The van der Waals surface area contributed by atoms with E-state index >= 15 is 0 Å². The lowest BCUT2D eigenvalue weighted by Crippen LogP contribution is -2.27. The molecule has 25 heavy (non-hydrogen) atoms. The van der Waals surface area contributed by atoms with Crippen LogP contribution in [0.15, 0.2) is 36.7 Å². The zero-order valence-corrected chi connectivity index (χ0v) is 14.6. The fraction of sp³-hybridized carbons (Fsp3) is 0.389. The van der Waals surface area contributed by atoms with Gasteiger partial charge < -0.3 is 15.5 Å². The highest BCUT2D eigenvalue weighted by Gasteiger charge is 2.08. The third-order valence-corrected chi connectivity index (χ3v) is 3.61. The quantitative estimate of drug-likeness (QED) is 0.680. The van der Waals surface area contributed by atoms with Crippen molar-refractivity contribution in [1.29, 1.82) is 0 Å². The fourth-order valence-electron chi connectivity index (χ4n) is 2.25. The van der Waals surface area contributed by atoms with E-state index in [9.17, 15) is 9.18 Å². The van der Waals surface area contributed by atoms with Crippen molar-refractivity contribution >= 4 is 11.7 Å². The Balaban J connectivity index is 1.75. The van der Waals surface area contributed by atoms with Crippen molar-refractivity contribution < 1.29 is 9.18 Å². The average Bonchev–Trinajstić information content (AvgIpc) is 2.60. The van der Waals surface area contributed by atoms with Crippen molar-refractivity contribution in [2.75, 3.05) is 39.0 Å². The molecule has 0 aliphatic rings. The third-order valence-electron chi connectivity index (χ3n) is 3.61. The predicted octanol–water partition coefficient (Wildman–Crippen LogP) is 1.95. The van der Waals surface area contributed by atoms with Gasteiger partial charge >= 0.3 is 0 Å². The van der Waals surface area contributed by atoms with Gasteiger partial charge in [0.1, 0.15) is 17.3 Å². The lowest BCUT2D eigenvalue weighted by molar-refractivity contribution is 0.0948. The molecule has 7 heteroatoms. The lowest BCUT2D eigenvalue weighted by Gasteiger charge is -2.10. The Labute approximate surface area is 147 Å². The van der Waals surface area contributed by atoms with Gasteiger partial charge in [-0.25, -0.2) is 14.4 Å². The molecule has 0 saturated heterocycles. The molecule has 1 heterocycles. The Morgan fingerprint density at radius 2 is 1.96 bits per heavy atom. The van der Waals surface area contributed by atoms with Crippen LogP contribution in [0.4, 0.5) is 10.2 Å². The summed E-state index contributed by atoms with van der Waals surface area (Å²) in [4.78, 5) is 22.4. The molecule has 0 spiro atoms. The molecule has 1 aromatic carbocycles. The second-order valence-electron chi connectivity index (χ2n) is 5.97. The number of nitrogens with one attached hydrogen (secondary N) is 2. The number of benzene rings is 1. The number of amides is 1. The van der Waals surface area contributed by atoms with Gasteiger partial charge in [-0.05, 0) is 45.1 Å². The molecule has 134 valence electrons. The highest BCUT2D eigenvalue weighted by atomic mass is 19.1. The SMILES string of the molecule is CN(C)CCCNc1cnc(C(=O)NCCc2ccccc2F)cn1. The van der Waals surface area contributed by atoms with Gasteiger partial charge in [-0.2, -0.15) is 0 Å². The molecule has 2 rings (SSSR count). The average molecular weight is 345 g/mol. The number of anilines is 1. The van der Waals surface area contributed by atoms with Crippen molar-refractivity contribution in [3.63, 3.8) is 0 Å². The molecule has 0 aliphatic heterocycles. The number of rotatable bonds is 9. The zero-order valence-electron chi connectivity index (χ0n) is 14.6. The van der Waals surface area contributed by atoms with Crippen molar-refractivity contribution in [3.05, 3.63) is 53.7 Å². The Kier molecular flexibility index (Phi) is 7.28. The van der Waals surface area contributed by atoms with Crippen LogP contribution in [-0.2, 0) is 6.42 Å². The van der Waals surface area contributed by atoms with Crippen molar-refractivity contribution in [2.45, 2.75) is 12.8 Å². The lowest BCUT2D eigenvalue weighted by atomic mass is 10.1. The van der Waals surface area contributed by atoms with Crippen LogP contribution in [0.3, 0.4) is 0 Å². The standard InChI is InChI=1S/C18H24FN5O/c1-24(2)11-5-9-20-17-13-22-16(12-23-17)18(25)21-10-8-14-6-3-4-7-15(14)19/h3-4,6-7,12-13H,5,8-11H2,1-2H3,(H,20,23)(H,21,25). The molecule has 0 bridgehead atoms. The Morgan fingerprint density at radius 3 is 2.64 bits per heavy atom. The molecule has 0 fully saturated rings. The van der Waals surface area contributed by atoms with E-state index in [1.165, 1.54) is 12.3 Å². The fourth-order valence-corrected chi connectivity index (χ4v) is 2.25. The summed E-state index contributed by atoms with van der Waals surface area (Å²) >= 11 is 0. The minimum atomic E-state index is -0.317. The number of carbonyl (C=O) groups is 1. The largest absolute Gasteiger partial charge is 0.369 e. The molecule has 6 nitrogen and oxygen atoms in total. The molecule has 2 N–H and O–H groups in total. The molecular formula is C18H24FN5O. The highest BCUT2D eigenvalue weighted by molar-refractivity contribution is 5.91. The summed E-state index contributed by atoms with van der Waals surface area (Å²) in [5, 5.41) is 5.89. The highest BCUT2D eigenvalue weighted by Crippen LogP contribution is 2.06. The van der Waals surface area contributed by atoms with E-state index in [0.717, 1.165) is 19.5 Å². The molecule has 2 aromatic rings. The van der Waals surface area contributed by atoms with Crippen molar-refractivity contribution in [3.8, 4) is 0 Å². The first kappa shape index (κ1) is 18.8. The predicted molar refractivity (Wildman–Crippen MR) is 96.1 cm³/mol. The van der Waals surface area contributed by atoms with Gasteiger partial charge in [0, 0.05) is 13.1 Å². The molecule has 0 radical (unpaired) electrons. The molecule has 0 saturated carbocycles. The Bertz CT molecular complexity index is 675. The van der Waals surface area contributed by atoms with Crippen LogP contribution < -0.4 is 10.6 Å². The normalized spacial score (nSPS) is 10.7. The van der Waals surface area contributed by atoms with E-state index < -0.39 is 0 Å². The van der Waals surface area contributed by atoms with Gasteiger partial charge in [0.25, 0.3) is 5.91 Å². The second kappa shape index (κ2) is 9.68. The van der Waals surface area contributed by atoms with Crippen molar-refractivity contribution in [1.82, 2.24) is 20.2 Å². The molecular weight excluding hydrogens is 321 g/mol. The molecule has 0 aliphatic carbocycles. The number of hydrogen-bond acceptors (Lipinski definition) is 5. The minimum absolute atomic E-state index is 0.243. The van der Waals surface area contributed by atoms with Gasteiger partial charge in [-0.1, -0.05) is 18.2 Å². The first-order valence-electron chi connectivity index (χ1n) is 8.28. The second-order valence-corrected chi connectivity index (χ2v) is 5.97. The summed E-state index contributed by atoms with van der Waals surface area (Å²) in [6.07, 6.45) is 4.40. The molecule has 1 amide bonds. The number of hydrogen-bond donors (Lipinski definition) is 2. The van der Waals surface area contributed by atoms with E-state index in [4.69, 9.17) is 0 Å². The van der Waals surface area contributed by atoms with E-state index in [1.807, 2.05) is 14.1 Å². The molecule has 0 unspecified atom stereocenters. The van der Waals surface area contributed by atoms with E-state index in [1.54, 1.807) is 24.4 Å². The summed E-state index contributed by atoms with van der Waals surface area (Å²) in [5.74, 6) is 0.0610. The maximum Gasteiger partial charge on any atom is 0.271 e. The maximum absolute atomic E-state index is 13.5. The van der Waals surface area contributed by atoms with Gasteiger partial charge in [0.05, 0.1) is 12.4 Å². The summed E-state index contributed by atoms with van der Waals surface area (Å²) in [7, 11) is 4.05. The third kappa shape index (κ3) is 6.46. The van der Waals surface area contributed by atoms with Crippen LogP contribution in [0.2, 0.25) is 0 Å². The first-order chi connectivity index (χ1) is 12.1. The van der Waals surface area contributed by atoms with Crippen LogP contribution in [0.1, 0.15) is 22.5 Å². The summed E-state index contributed by atoms with van der Waals surface area (Å²) in [6.45, 7) is 2.12. The zero-order chi connectivity index (χ0) is 18.1. The summed E-state index contributed by atoms with van der Waals surface area (Å²) < 4.78 is 13.5. The van der Waals surface area contributed by atoms with Gasteiger partial charge in [-0.15, -0.1) is 0 Å². The van der Waals surface area contributed by atoms with Gasteiger partial charge in [0.2, 0.25) is 0 Å². The van der Waals surface area contributed by atoms with E-state index in [0.29, 0.717) is 24.3 Å². The number of nitrogens with zero attached hydrogens (tertiary/aromatic N) is 3. The van der Waals surface area contributed by atoms with Crippen molar-refractivity contribution in [2.24, 2.45) is 0 Å². The van der Waals surface area contributed by atoms with Gasteiger partial charge in [0.15, 0.2) is 0 Å². The topological polar surface area (TPSA) is 70.2 Å². The van der Waals surface area contributed by atoms with Gasteiger partial charge in [-0.3, -0.25) is 4.79 Å². The number of halogens is 1. The Morgan fingerprint density at radius 1 is 1.16 bits per heavy atom. The number of aromatic nitrogens is 2. The Hall–Kier alpha value is -2.54. The van der Waals surface area contributed by atoms with Crippen LogP contribution in [-0.4, -0.2) is 54.5 Å². The van der Waals surface area contributed by atoms with Crippen LogP contribution in [0.5, 0.6) is 0 Å². The molecule has 0 atom stereocenters. The van der Waals surface area contributed by atoms with Crippen LogP contribution in [0.25, 0.3) is 0 Å². The summed E-state index contributed by atoms with van der Waals surface area (Å²) in [6, 6.07) is 6.53. The monoisotopic (exact) mass is 345 g/mol. The molecule has 1 aromatic heterocycles. The summed E-state index contributed by atoms with van der Waals surface area (Å²) in [5.41, 5.74) is 0.818. The first-order valence-corrected chi connectivity index (χ1v) is 8.28.